The number of amides is 1. The second-order valence-electron chi connectivity index (χ2n) is 5.81. The van der Waals surface area contributed by atoms with Gasteiger partial charge >= 0.3 is 0 Å². The van der Waals surface area contributed by atoms with Crippen LogP contribution in [0.25, 0.3) is 0 Å². The van der Waals surface area contributed by atoms with Crippen molar-refractivity contribution in [1.29, 1.82) is 0 Å². The van der Waals surface area contributed by atoms with E-state index in [9.17, 15) is 4.79 Å². The Morgan fingerprint density at radius 2 is 1.75 bits per heavy atom. The zero-order valence-electron chi connectivity index (χ0n) is 16.0. The van der Waals surface area contributed by atoms with Gasteiger partial charge in [0.2, 0.25) is 0 Å². The van der Waals surface area contributed by atoms with Gasteiger partial charge in [0.25, 0.3) is 5.91 Å². The Bertz CT molecular complexity index is 987. The molecule has 146 valence electrons. The second-order valence-corrected chi connectivity index (χ2v) is 6.81. The summed E-state index contributed by atoms with van der Waals surface area (Å²) in [5, 5.41) is 6.69. The molecule has 0 radical (unpaired) electrons. The number of anilines is 3. The smallest absolute Gasteiger partial charge is 0.267 e. The maximum absolute atomic E-state index is 12.8. The summed E-state index contributed by atoms with van der Waals surface area (Å²) in [5.74, 6) is 1.64. The number of benzene rings is 2. The number of carbonyl (C=O) groups excluding carboxylic acids is 1. The fourth-order valence-electron chi connectivity index (χ4n) is 2.58. The molecule has 0 aliphatic carbocycles. The van der Waals surface area contributed by atoms with Crippen molar-refractivity contribution >= 4 is 33.8 Å². The number of rotatable bonds is 7. The molecule has 3 aromatic rings. The van der Waals surface area contributed by atoms with Gasteiger partial charge in [0, 0.05) is 17.8 Å². The third-order valence-corrected chi connectivity index (χ3v) is 5.05. The lowest BCUT2D eigenvalue weighted by Gasteiger charge is -2.11. The lowest BCUT2D eigenvalue weighted by Crippen LogP contribution is -2.12. The van der Waals surface area contributed by atoms with Crippen LogP contribution in [0.1, 0.15) is 15.4 Å². The molecular formula is C20H21N3O4S. The van der Waals surface area contributed by atoms with Crippen LogP contribution < -0.4 is 24.8 Å². The van der Waals surface area contributed by atoms with Crippen LogP contribution in [0.3, 0.4) is 0 Å². The molecule has 8 heteroatoms. The fourth-order valence-corrected chi connectivity index (χ4v) is 3.46. The van der Waals surface area contributed by atoms with E-state index in [-0.39, 0.29) is 5.91 Å². The molecule has 1 amide bonds. The number of aromatic nitrogens is 1. The molecule has 2 N–H and O–H groups in total. The third-order valence-electron chi connectivity index (χ3n) is 3.98. The summed E-state index contributed by atoms with van der Waals surface area (Å²) in [4.78, 5) is 17.7. The van der Waals surface area contributed by atoms with E-state index in [1.54, 1.807) is 46.5 Å². The van der Waals surface area contributed by atoms with E-state index in [0.29, 0.717) is 32.9 Å². The summed E-state index contributed by atoms with van der Waals surface area (Å²) in [6.07, 6.45) is 0. The third kappa shape index (κ3) is 4.34. The van der Waals surface area contributed by atoms with Gasteiger partial charge in [0.1, 0.15) is 22.1 Å². The van der Waals surface area contributed by atoms with Gasteiger partial charge in [-0.2, -0.15) is 0 Å². The predicted octanol–water partition coefficient (Wildman–Crippen LogP) is 4.47. The van der Waals surface area contributed by atoms with E-state index in [1.807, 2.05) is 24.3 Å². The number of nitrogens with zero attached hydrogens (tertiary/aromatic N) is 1. The number of ether oxygens (including phenoxy) is 3. The Morgan fingerprint density at radius 3 is 2.46 bits per heavy atom. The van der Waals surface area contributed by atoms with Gasteiger partial charge in [-0.25, -0.2) is 4.98 Å². The van der Waals surface area contributed by atoms with Crippen molar-refractivity contribution in [2.24, 2.45) is 0 Å². The average Bonchev–Trinajstić information content (AvgIpc) is 3.08. The van der Waals surface area contributed by atoms with Crippen LogP contribution in [0.5, 0.6) is 17.2 Å². The zero-order chi connectivity index (χ0) is 20.1. The molecular weight excluding hydrogens is 378 g/mol. The van der Waals surface area contributed by atoms with Crippen molar-refractivity contribution in [3.8, 4) is 17.2 Å². The number of thiazole rings is 1. The molecule has 2 aromatic carbocycles. The SMILES string of the molecule is COc1cccc(Nc2nc(C)c(C(=O)Nc3cc(OC)ccc3OC)s2)c1. The summed E-state index contributed by atoms with van der Waals surface area (Å²) in [6, 6.07) is 12.7. The van der Waals surface area contributed by atoms with Crippen LogP contribution in [-0.4, -0.2) is 32.2 Å². The normalized spacial score (nSPS) is 10.3. The first-order valence-corrected chi connectivity index (χ1v) is 9.27. The highest BCUT2D eigenvalue weighted by Crippen LogP contribution is 2.31. The fraction of sp³-hybridized carbons (Fsp3) is 0.200. The topological polar surface area (TPSA) is 81.7 Å². The summed E-state index contributed by atoms with van der Waals surface area (Å²) in [5.41, 5.74) is 1.99. The van der Waals surface area contributed by atoms with Gasteiger partial charge < -0.3 is 24.8 Å². The number of nitrogens with one attached hydrogen (secondary N) is 2. The standard InChI is InChI=1S/C20H21N3O4S/c1-12-18(19(24)23-16-11-15(26-3)8-9-17(16)27-4)28-20(21-12)22-13-6-5-7-14(10-13)25-2/h5-11H,1-4H3,(H,21,22)(H,23,24). The molecule has 0 saturated heterocycles. The molecule has 0 atom stereocenters. The van der Waals surface area contributed by atoms with Gasteiger partial charge in [0.15, 0.2) is 5.13 Å². The Labute approximate surface area is 167 Å². The van der Waals surface area contributed by atoms with Crippen LogP contribution in [0, 0.1) is 6.92 Å². The van der Waals surface area contributed by atoms with Gasteiger partial charge in [0.05, 0.1) is 32.7 Å². The first-order valence-electron chi connectivity index (χ1n) is 8.46. The lowest BCUT2D eigenvalue weighted by atomic mass is 10.2. The van der Waals surface area contributed by atoms with E-state index >= 15 is 0 Å². The largest absolute Gasteiger partial charge is 0.497 e. The minimum Gasteiger partial charge on any atom is -0.497 e. The van der Waals surface area contributed by atoms with Crippen molar-refractivity contribution in [1.82, 2.24) is 4.98 Å². The molecule has 28 heavy (non-hydrogen) atoms. The van der Waals surface area contributed by atoms with Crippen molar-refractivity contribution < 1.29 is 19.0 Å². The Hall–Kier alpha value is -3.26. The van der Waals surface area contributed by atoms with Crippen molar-refractivity contribution in [3.63, 3.8) is 0 Å². The zero-order valence-corrected chi connectivity index (χ0v) is 16.8. The van der Waals surface area contributed by atoms with E-state index in [2.05, 4.69) is 15.6 Å². The summed E-state index contributed by atoms with van der Waals surface area (Å²) < 4.78 is 15.8. The molecule has 0 aliphatic rings. The molecule has 0 spiro atoms. The highest BCUT2D eigenvalue weighted by molar-refractivity contribution is 7.17. The number of hydrogen-bond acceptors (Lipinski definition) is 7. The second kappa shape index (κ2) is 8.62. The minimum absolute atomic E-state index is 0.264. The number of carbonyl (C=O) groups is 1. The van der Waals surface area contributed by atoms with Crippen LogP contribution in [-0.2, 0) is 0 Å². The number of aryl methyl sites for hydroxylation is 1. The molecule has 0 bridgehead atoms. The quantitative estimate of drug-likeness (QED) is 0.610. The summed E-state index contributed by atoms with van der Waals surface area (Å²) in [7, 11) is 4.73. The first-order chi connectivity index (χ1) is 13.5. The molecule has 1 aromatic heterocycles. The Morgan fingerprint density at radius 1 is 1.00 bits per heavy atom. The molecule has 3 rings (SSSR count). The summed E-state index contributed by atoms with van der Waals surface area (Å²) >= 11 is 1.27. The van der Waals surface area contributed by atoms with Crippen molar-refractivity contribution in [2.75, 3.05) is 32.0 Å². The van der Waals surface area contributed by atoms with E-state index in [4.69, 9.17) is 14.2 Å². The molecule has 1 heterocycles. The van der Waals surface area contributed by atoms with Gasteiger partial charge in [-0.05, 0) is 31.2 Å². The van der Waals surface area contributed by atoms with Gasteiger partial charge in [-0.3, -0.25) is 4.79 Å². The van der Waals surface area contributed by atoms with Gasteiger partial charge in [-0.15, -0.1) is 0 Å². The molecule has 0 unspecified atom stereocenters. The average molecular weight is 399 g/mol. The van der Waals surface area contributed by atoms with Crippen LogP contribution in [0.4, 0.5) is 16.5 Å². The molecule has 0 aliphatic heterocycles. The maximum Gasteiger partial charge on any atom is 0.267 e. The van der Waals surface area contributed by atoms with Gasteiger partial charge in [-0.1, -0.05) is 17.4 Å². The van der Waals surface area contributed by atoms with Crippen LogP contribution >= 0.6 is 11.3 Å². The van der Waals surface area contributed by atoms with E-state index in [0.717, 1.165) is 11.4 Å². The van der Waals surface area contributed by atoms with Crippen LogP contribution in [0.15, 0.2) is 42.5 Å². The summed E-state index contributed by atoms with van der Waals surface area (Å²) in [6.45, 7) is 1.80. The van der Waals surface area contributed by atoms with E-state index in [1.165, 1.54) is 11.3 Å². The Kier molecular flexibility index (Phi) is 6.00. The predicted molar refractivity (Wildman–Crippen MR) is 111 cm³/mol. The Balaban J connectivity index is 1.80. The molecule has 0 fully saturated rings. The first kappa shape index (κ1) is 19.5. The number of hydrogen-bond donors (Lipinski definition) is 2. The lowest BCUT2D eigenvalue weighted by molar-refractivity contribution is 0.102. The minimum atomic E-state index is -0.264. The highest BCUT2D eigenvalue weighted by atomic mass is 32.1. The molecule has 0 saturated carbocycles. The van der Waals surface area contributed by atoms with Crippen molar-refractivity contribution in [2.45, 2.75) is 6.92 Å². The van der Waals surface area contributed by atoms with E-state index < -0.39 is 0 Å². The highest BCUT2D eigenvalue weighted by Gasteiger charge is 2.18. The number of methoxy groups -OCH3 is 3. The van der Waals surface area contributed by atoms with Crippen molar-refractivity contribution in [3.05, 3.63) is 53.0 Å². The monoisotopic (exact) mass is 399 g/mol. The maximum atomic E-state index is 12.8. The molecule has 7 nitrogen and oxygen atoms in total. The van der Waals surface area contributed by atoms with Crippen LogP contribution in [0.2, 0.25) is 0 Å².